The quantitative estimate of drug-likeness (QED) is 0.803. The molecule has 2 rings (SSSR count). The number of aryl methyl sites for hydroxylation is 1. The monoisotopic (exact) mass is 247 g/mol. The topological polar surface area (TPSA) is 36.4 Å². The normalized spacial score (nSPS) is 19.1. The van der Waals surface area contributed by atoms with Crippen LogP contribution in [0.1, 0.15) is 36.9 Å². The molecule has 0 bridgehead atoms. The first kappa shape index (κ1) is 12.9. The number of carbonyl (C=O) groups is 1. The molecule has 18 heavy (non-hydrogen) atoms. The fourth-order valence-electron chi connectivity index (χ4n) is 2.61. The van der Waals surface area contributed by atoms with Gasteiger partial charge in [-0.3, -0.25) is 4.79 Å². The highest BCUT2D eigenvalue weighted by Gasteiger charge is 2.29. The number of amides is 1. The molecule has 98 valence electrons. The van der Waals surface area contributed by atoms with Gasteiger partial charge in [0.15, 0.2) is 0 Å². The van der Waals surface area contributed by atoms with E-state index in [4.69, 9.17) is 0 Å². The third-order valence-electron chi connectivity index (χ3n) is 3.61. The lowest BCUT2D eigenvalue weighted by atomic mass is 10.0. The molecule has 0 unspecified atom stereocenters. The van der Waals surface area contributed by atoms with Crippen LogP contribution in [0, 0.1) is 6.92 Å². The predicted octanol–water partition coefficient (Wildman–Crippen LogP) is 2.14. The van der Waals surface area contributed by atoms with Gasteiger partial charge < -0.3 is 9.80 Å². The van der Waals surface area contributed by atoms with Crippen molar-refractivity contribution in [3.8, 4) is 0 Å². The van der Waals surface area contributed by atoms with E-state index in [2.05, 4.69) is 18.0 Å². The smallest absolute Gasteiger partial charge is 0.219 e. The van der Waals surface area contributed by atoms with Crippen molar-refractivity contribution < 1.29 is 4.79 Å². The largest absolute Gasteiger partial charge is 0.363 e. The van der Waals surface area contributed by atoms with Crippen molar-refractivity contribution >= 4 is 11.7 Å². The highest BCUT2D eigenvalue weighted by atomic mass is 16.2. The number of carbonyl (C=O) groups excluding carboxylic acids is 1. The molecule has 1 aromatic rings. The van der Waals surface area contributed by atoms with Crippen LogP contribution in [-0.4, -0.2) is 36.4 Å². The number of aromatic nitrogens is 1. The second-order valence-corrected chi connectivity index (χ2v) is 5.16. The van der Waals surface area contributed by atoms with Crippen LogP contribution in [-0.2, 0) is 4.79 Å². The third-order valence-corrected chi connectivity index (χ3v) is 3.61. The van der Waals surface area contributed by atoms with Gasteiger partial charge in [-0.25, -0.2) is 4.98 Å². The van der Waals surface area contributed by atoms with E-state index in [9.17, 15) is 4.79 Å². The van der Waals surface area contributed by atoms with Gasteiger partial charge in [0, 0.05) is 33.8 Å². The third kappa shape index (κ3) is 2.33. The van der Waals surface area contributed by atoms with Crippen LogP contribution in [0.3, 0.4) is 0 Å². The van der Waals surface area contributed by atoms with Gasteiger partial charge in [-0.15, -0.1) is 0 Å². The van der Waals surface area contributed by atoms with E-state index < -0.39 is 0 Å². The first-order valence-electron chi connectivity index (χ1n) is 6.41. The van der Waals surface area contributed by atoms with Crippen LogP contribution in [0.2, 0.25) is 0 Å². The standard InChI is InChI=1S/C14H21N3O/c1-10-8-14(16(3)4)15-9-12(10)13-6-5-7-17(13)11(2)18/h8-9,13H,5-7H2,1-4H3/t13-/m0/s1. The van der Waals surface area contributed by atoms with E-state index in [1.54, 1.807) is 6.92 Å². The summed E-state index contributed by atoms with van der Waals surface area (Å²) in [7, 11) is 3.97. The van der Waals surface area contributed by atoms with Crippen LogP contribution in [0.25, 0.3) is 0 Å². The molecule has 1 aliphatic rings. The summed E-state index contributed by atoms with van der Waals surface area (Å²) in [5.41, 5.74) is 2.40. The van der Waals surface area contributed by atoms with Gasteiger partial charge in [-0.2, -0.15) is 0 Å². The van der Waals surface area contributed by atoms with Gasteiger partial charge in [-0.1, -0.05) is 0 Å². The maximum atomic E-state index is 11.6. The summed E-state index contributed by atoms with van der Waals surface area (Å²) in [6, 6.07) is 2.30. The fraction of sp³-hybridized carbons (Fsp3) is 0.571. The second-order valence-electron chi connectivity index (χ2n) is 5.16. The van der Waals surface area contributed by atoms with Crippen LogP contribution < -0.4 is 4.90 Å². The van der Waals surface area contributed by atoms with Crippen molar-refractivity contribution in [2.75, 3.05) is 25.5 Å². The highest BCUT2D eigenvalue weighted by Crippen LogP contribution is 2.33. The Morgan fingerprint density at radius 3 is 2.78 bits per heavy atom. The van der Waals surface area contributed by atoms with Crippen molar-refractivity contribution in [3.63, 3.8) is 0 Å². The Hall–Kier alpha value is -1.58. The van der Waals surface area contributed by atoms with Gasteiger partial charge in [0.25, 0.3) is 0 Å². The van der Waals surface area contributed by atoms with Gasteiger partial charge in [0.1, 0.15) is 5.82 Å². The van der Waals surface area contributed by atoms with Crippen LogP contribution >= 0.6 is 0 Å². The molecule has 1 fully saturated rings. The lowest BCUT2D eigenvalue weighted by Crippen LogP contribution is -2.28. The molecule has 1 aromatic heterocycles. The Morgan fingerprint density at radius 2 is 2.22 bits per heavy atom. The Morgan fingerprint density at radius 1 is 1.50 bits per heavy atom. The lowest BCUT2D eigenvalue weighted by molar-refractivity contribution is -0.129. The summed E-state index contributed by atoms with van der Waals surface area (Å²) in [5, 5.41) is 0. The zero-order chi connectivity index (χ0) is 13.3. The van der Waals surface area contributed by atoms with Gasteiger partial charge >= 0.3 is 0 Å². The molecule has 4 heteroatoms. The second kappa shape index (κ2) is 4.96. The minimum absolute atomic E-state index is 0.161. The summed E-state index contributed by atoms with van der Waals surface area (Å²) in [4.78, 5) is 20.0. The van der Waals surface area contributed by atoms with E-state index in [1.807, 2.05) is 30.1 Å². The number of nitrogens with zero attached hydrogens (tertiary/aromatic N) is 3. The summed E-state index contributed by atoms with van der Waals surface area (Å²) in [6.07, 6.45) is 4.05. The minimum Gasteiger partial charge on any atom is -0.363 e. The zero-order valence-corrected chi connectivity index (χ0v) is 11.6. The van der Waals surface area contributed by atoms with Crippen molar-refractivity contribution in [1.29, 1.82) is 0 Å². The molecule has 1 saturated heterocycles. The first-order chi connectivity index (χ1) is 8.50. The molecule has 1 amide bonds. The number of likely N-dealkylation sites (tertiary alicyclic amines) is 1. The Bertz CT molecular complexity index is 456. The zero-order valence-electron chi connectivity index (χ0n) is 11.6. The first-order valence-corrected chi connectivity index (χ1v) is 6.41. The Balaban J connectivity index is 2.31. The van der Waals surface area contributed by atoms with Crippen LogP contribution in [0.4, 0.5) is 5.82 Å². The number of pyridine rings is 1. The van der Waals surface area contributed by atoms with Crippen LogP contribution in [0.15, 0.2) is 12.3 Å². The number of anilines is 1. The maximum Gasteiger partial charge on any atom is 0.219 e. The average Bonchev–Trinajstić information content (AvgIpc) is 2.77. The molecule has 0 spiro atoms. The van der Waals surface area contributed by atoms with E-state index in [1.165, 1.54) is 11.1 Å². The SMILES string of the molecule is CC(=O)N1CCC[C@H]1c1cnc(N(C)C)cc1C. The predicted molar refractivity (Wildman–Crippen MR) is 72.7 cm³/mol. The molecule has 0 saturated carbocycles. The maximum absolute atomic E-state index is 11.6. The molecule has 0 radical (unpaired) electrons. The fourth-order valence-corrected chi connectivity index (χ4v) is 2.61. The Labute approximate surface area is 109 Å². The summed E-state index contributed by atoms with van der Waals surface area (Å²) < 4.78 is 0. The van der Waals surface area contributed by atoms with E-state index >= 15 is 0 Å². The van der Waals surface area contributed by atoms with E-state index in [0.717, 1.165) is 25.2 Å². The molecular formula is C14H21N3O. The summed E-state index contributed by atoms with van der Waals surface area (Å²) in [6.45, 7) is 4.62. The molecule has 0 aliphatic carbocycles. The Kier molecular flexibility index (Phi) is 3.55. The molecule has 0 aromatic carbocycles. The van der Waals surface area contributed by atoms with Crippen molar-refractivity contribution in [2.45, 2.75) is 32.7 Å². The summed E-state index contributed by atoms with van der Waals surface area (Å²) in [5.74, 6) is 1.12. The molecule has 1 aliphatic heterocycles. The highest BCUT2D eigenvalue weighted by molar-refractivity contribution is 5.74. The molecule has 1 atom stereocenters. The van der Waals surface area contributed by atoms with Crippen molar-refractivity contribution in [3.05, 3.63) is 23.4 Å². The van der Waals surface area contributed by atoms with E-state index in [-0.39, 0.29) is 11.9 Å². The number of hydrogen-bond donors (Lipinski definition) is 0. The van der Waals surface area contributed by atoms with Gasteiger partial charge in [0.05, 0.1) is 6.04 Å². The van der Waals surface area contributed by atoms with Crippen molar-refractivity contribution in [2.24, 2.45) is 0 Å². The molecule has 0 N–H and O–H groups in total. The number of hydrogen-bond acceptors (Lipinski definition) is 3. The lowest BCUT2D eigenvalue weighted by Gasteiger charge is -2.25. The van der Waals surface area contributed by atoms with E-state index in [0.29, 0.717) is 0 Å². The minimum atomic E-state index is 0.161. The van der Waals surface area contributed by atoms with Gasteiger partial charge in [0.2, 0.25) is 5.91 Å². The average molecular weight is 247 g/mol. The summed E-state index contributed by atoms with van der Waals surface area (Å²) >= 11 is 0. The molecular weight excluding hydrogens is 226 g/mol. The number of rotatable bonds is 2. The van der Waals surface area contributed by atoms with Crippen LogP contribution in [0.5, 0.6) is 0 Å². The molecule has 4 nitrogen and oxygen atoms in total. The van der Waals surface area contributed by atoms with Gasteiger partial charge in [-0.05, 0) is 37.0 Å². The van der Waals surface area contributed by atoms with Crippen molar-refractivity contribution in [1.82, 2.24) is 9.88 Å². The molecule has 2 heterocycles.